The molecule has 1 aromatic heterocycles. The molecule has 12 heavy (non-hydrogen) atoms. The van der Waals surface area contributed by atoms with Gasteiger partial charge < -0.3 is 4.74 Å². The Morgan fingerprint density at radius 3 is 3.00 bits per heavy atom. The van der Waals surface area contributed by atoms with E-state index in [0.717, 1.165) is 5.56 Å². The lowest BCUT2D eigenvalue weighted by Gasteiger charge is -2.00. The fourth-order valence-electron chi connectivity index (χ4n) is 0.817. The zero-order valence-electron chi connectivity index (χ0n) is 6.68. The van der Waals surface area contributed by atoms with Gasteiger partial charge in [0.2, 0.25) is 0 Å². The normalized spacial score (nSPS) is 10.2. The maximum atomic E-state index is 12.8. The molecule has 0 aliphatic rings. The molecule has 0 bridgehead atoms. The Kier molecular flexibility index (Phi) is 3.44. The third-order valence-electron chi connectivity index (χ3n) is 1.45. The maximum Gasteiger partial charge on any atom is 0.164 e. The summed E-state index contributed by atoms with van der Waals surface area (Å²) in [4.78, 5) is 3.67. The Morgan fingerprint density at radius 1 is 1.67 bits per heavy atom. The Labute approximate surface area is 75.3 Å². The van der Waals surface area contributed by atoms with Crippen LogP contribution in [-0.2, 0) is 11.2 Å². The first kappa shape index (κ1) is 9.42. The van der Waals surface area contributed by atoms with E-state index in [1.54, 1.807) is 13.3 Å². The molecule has 0 spiro atoms. The van der Waals surface area contributed by atoms with Gasteiger partial charge in [-0.25, -0.2) is 9.37 Å². The second kappa shape index (κ2) is 4.38. The van der Waals surface area contributed by atoms with Gasteiger partial charge in [-0.15, -0.1) is 0 Å². The van der Waals surface area contributed by atoms with E-state index in [0.29, 0.717) is 13.0 Å². The Morgan fingerprint density at radius 2 is 2.42 bits per heavy atom. The topological polar surface area (TPSA) is 22.1 Å². The number of methoxy groups -OCH3 is 1. The van der Waals surface area contributed by atoms with Gasteiger partial charge in [0, 0.05) is 13.3 Å². The Hall–Kier alpha value is -0.670. The van der Waals surface area contributed by atoms with Crippen LogP contribution in [0.2, 0.25) is 5.15 Å². The first-order chi connectivity index (χ1) is 5.74. The minimum atomic E-state index is -0.481. The molecule has 0 radical (unpaired) electrons. The van der Waals surface area contributed by atoms with Crippen molar-refractivity contribution >= 4 is 11.6 Å². The summed E-state index contributed by atoms with van der Waals surface area (Å²) < 4.78 is 17.6. The van der Waals surface area contributed by atoms with Crippen LogP contribution in [-0.4, -0.2) is 18.7 Å². The summed E-state index contributed by atoms with van der Waals surface area (Å²) in [5, 5.41) is -0.0869. The van der Waals surface area contributed by atoms with Crippen LogP contribution in [0, 0.1) is 5.82 Å². The van der Waals surface area contributed by atoms with E-state index in [1.165, 1.54) is 6.07 Å². The predicted molar refractivity (Wildman–Crippen MR) is 44.8 cm³/mol. The first-order valence-electron chi connectivity index (χ1n) is 3.53. The zero-order valence-corrected chi connectivity index (χ0v) is 7.44. The predicted octanol–water partition coefficient (Wildman–Crippen LogP) is 2.06. The lowest BCUT2D eigenvalue weighted by molar-refractivity contribution is 0.202. The average Bonchev–Trinajstić information content (AvgIpc) is 2.07. The molecule has 0 fully saturated rings. The van der Waals surface area contributed by atoms with Crippen LogP contribution in [0.3, 0.4) is 0 Å². The van der Waals surface area contributed by atoms with E-state index in [4.69, 9.17) is 16.3 Å². The van der Waals surface area contributed by atoms with Gasteiger partial charge in [-0.1, -0.05) is 11.6 Å². The van der Waals surface area contributed by atoms with Crippen molar-refractivity contribution in [2.75, 3.05) is 13.7 Å². The quantitative estimate of drug-likeness (QED) is 0.680. The summed E-state index contributed by atoms with van der Waals surface area (Å²) in [5.41, 5.74) is 0.791. The lowest BCUT2D eigenvalue weighted by atomic mass is 10.2. The number of rotatable bonds is 3. The van der Waals surface area contributed by atoms with Gasteiger partial charge in [0.05, 0.1) is 6.61 Å². The van der Waals surface area contributed by atoms with Crippen molar-refractivity contribution in [2.24, 2.45) is 0 Å². The molecule has 4 heteroatoms. The molecule has 0 aliphatic heterocycles. The monoisotopic (exact) mass is 189 g/mol. The van der Waals surface area contributed by atoms with Crippen LogP contribution in [0.15, 0.2) is 12.3 Å². The summed E-state index contributed by atoms with van der Waals surface area (Å²) in [6.45, 7) is 0.558. The van der Waals surface area contributed by atoms with Crippen molar-refractivity contribution < 1.29 is 9.13 Å². The van der Waals surface area contributed by atoms with Crippen molar-refractivity contribution in [3.8, 4) is 0 Å². The number of pyridine rings is 1. The molecule has 1 aromatic rings. The van der Waals surface area contributed by atoms with Gasteiger partial charge in [0.15, 0.2) is 11.0 Å². The molecule has 66 valence electrons. The number of hydrogen-bond acceptors (Lipinski definition) is 2. The van der Waals surface area contributed by atoms with Crippen molar-refractivity contribution in [1.29, 1.82) is 0 Å². The van der Waals surface area contributed by atoms with Gasteiger partial charge in [-0.2, -0.15) is 0 Å². The highest BCUT2D eigenvalue weighted by Crippen LogP contribution is 2.12. The van der Waals surface area contributed by atoms with E-state index in [-0.39, 0.29) is 5.15 Å². The summed E-state index contributed by atoms with van der Waals surface area (Å²) in [6.07, 6.45) is 2.20. The minimum absolute atomic E-state index is 0.0869. The molecule has 0 aliphatic carbocycles. The Balaban J connectivity index is 2.69. The number of ether oxygens (including phenoxy) is 1. The summed E-state index contributed by atoms with van der Waals surface area (Å²) in [6, 6.07) is 1.37. The molecule has 0 N–H and O–H groups in total. The Bertz CT molecular complexity index is 267. The zero-order chi connectivity index (χ0) is 8.97. The first-order valence-corrected chi connectivity index (χ1v) is 3.90. The van der Waals surface area contributed by atoms with E-state index in [9.17, 15) is 4.39 Å². The molecule has 0 aromatic carbocycles. The SMILES string of the molecule is COCCc1cnc(Cl)c(F)c1. The highest BCUT2D eigenvalue weighted by Gasteiger charge is 2.01. The van der Waals surface area contributed by atoms with Gasteiger partial charge in [0.25, 0.3) is 0 Å². The number of hydrogen-bond donors (Lipinski definition) is 0. The highest BCUT2D eigenvalue weighted by molar-refractivity contribution is 6.29. The van der Waals surface area contributed by atoms with Crippen molar-refractivity contribution in [1.82, 2.24) is 4.98 Å². The maximum absolute atomic E-state index is 12.8. The molecular weight excluding hydrogens is 181 g/mol. The average molecular weight is 190 g/mol. The number of aromatic nitrogens is 1. The van der Waals surface area contributed by atoms with Gasteiger partial charge in [-0.3, -0.25) is 0 Å². The molecule has 2 nitrogen and oxygen atoms in total. The van der Waals surface area contributed by atoms with Gasteiger partial charge in [0.1, 0.15) is 0 Å². The number of nitrogens with zero attached hydrogens (tertiary/aromatic N) is 1. The van der Waals surface area contributed by atoms with Crippen molar-refractivity contribution in [3.05, 3.63) is 28.8 Å². The smallest absolute Gasteiger partial charge is 0.164 e. The number of halogens is 2. The van der Waals surface area contributed by atoms with E-state index >= 15 is 0 Å². The standard InChI is InChI=1S/C8H9ClFNO/c1-12-3-2-6-4-7(10)8(9)11-5-6/h4-5H,2-3H2,1H3. The van der Waals surface area contributed by atoms with Crippen LogP contribution in [0.4, 0.5) is 4.39 Å². The molecule has 1 rings (SSSR count). The molecular formula is C8H9ClFNO. The third-order valence-corrected chi connectivity index (χ3v) is 1.73. The minimum Gasteiger partial charge on any atom is -0.384 e. The van der Waals surface area contributed by atoms with Crippen LogP contribution < -0.4 is 0 Å². The van der Waals surface area contributed by atoms with Crippen LogP contribution in [0.5, 0.6) is 0 Å². The van der Waals surface area contributed by atoms with Gasteiger partial charge >= 0.3 is 0 Å². The van der Waals surface area contributed by atoms with Crippen LogP contribution in [0.25, 0.3) is 0 Å². The van der Waals surface area contributed by atoms with Crippen LogP contribution in [0.1, 0.15) is 5.56 Å². The third kappa shape index (κ3) is 2.43. The van der Waals surface area contributed by atoms with Gasteiger partial charge in [-0.05, 0) is 18.1 Å². The summed E-state index contributed by atoms with van der Waals surface area (Å²) >= 11 is 5.40. The van der Waals surface area contributed by atoms with Crippen molar-refractivity contribution in [2.45, 2.75) is 6.42 Å². The molecule has 0 saturated carbocycles. The highest BCUT2D eigenvalue weighted by atomic mass is 35.5. The fourth-order valence-corrected chi connectivity index (χ4v) is 0.921. The van der Waals surface area contributed by atoms with Crippen molar-refractivity contribution in [3.63, 3.8) is 0 Å². The molecule has 1 heterocycles. The second-order valence-electron chi connectivity index (χ2n) is 2.36. The van der Waals surface area contributed by atoms with Crippen LogP contribution >= 0.6 is 11.6 Å². The van der Waals surface area contributed by atoms with E-state index in [1.807, 2.05) is 0 Å². The molecule has 0 saturated heterocycles. The fraction of sp³-hybridized carbons (Fsp3) is 0.375. The summed E-state index contributed by atoms with van der Waals surface area (Å²) in [7, 11) is 1.60. The van der Waals surface area contributed by atoms with E-state index < -0.39 is 5.82 Å². The largest absolute Gasteiger partial charge is 0.384 e. The summed E-state index contributed by atoms with van der Waals surface area (Å²) in [5.74, 6) is -0.481. The van der Waals surface area contributed by atoms with E-state index in [2.05, 4.69) is 4.98 Å². The molecule has 0 amide bonds. The lowest BCUT2D eigenvalue weighted by Crippen LogP contribution is -1.96. The second-order valence-corrected chi connectivity index (χ2v) is 2.72. The molecule has 0 unspecified atom stereocenters. The molecule has 0 atom stereocenters.